The Hall–Kier alpha value is -1.13. The lowest BCUT2D eigenvalue weighted by atomic mass is 9.97. The number of imidazole rings is 1. The van der Waals surface area contributed by atoms with E-state index in [-0.39, 0.29) is 0 Å². The second-order valence-corrected chi connectivity index (χ2v) is 6.08. The number of benzene rings is 1. The van der Waals surface area contributed by atoms with Gasteiger partial charge in [0, 0.05) is 22.5 Å². The molecule has 2 aromatic rings. The van der Waals surface area contributed by atoms with Gasteiger partial charge in [-0.05, 0) is 18.4 Å². The largest absolute Gasteiger partial charge is 0.342 e. The van der Waals surface area contributed by atoms with E-state index in [1.807, 2.05) is 24.4 Å². The first kappa shape index (κ1) is 14.3. The summed E-state index contributed by atoms with van der Waals surface area (Å²) in [5, 5.41) is 0. The highest BCUT2D eigenvalue weighted by Crippen LogP contribution is 2.28. The van der Waals surface area contributed by atoms with E-state index >= 15 is 0 Å². The van der Waals surface area contributed by atoms with Crippen LogP contribution < -0.4 is 5.73 Å². The smallest absolute Gasteiger partial charge is 0.110 e. The van der Waals surface area contributed by atoms with E-state index in [9.17, 15) is 0 Å². The third-order valence-corrected chi connectivity index (χ3v) is 3.88. The van der Waals surface area contributed by atoms with Crippen molar-refractivity contribution in [3.63, 3.8) is 0 Å². The standard InChI is InChI=1S/C15H20BrN3/c1-10(2)7-11(8-17)15-18-9-14(19-15)12-5-3-4-6-13(12)16/h3-6,9-11H,7-8,17H2,1-2H3,(H,18,19). The fourth-order valence-electron chi connectivity index (χ4n) is 2.25. The molecule has 1 aromatic carbocycles. The highest BCUT2D eigenvalue weighted by Gasteiger charge is 2.16. The van der Waals surface area contributed by atoms with Crippen molar-refractivity contribution in [2.75, 3.05) is 6.54 Å². The number of hydrogen-bond acceptors (Lipinski definition) is 2. The SMILES string of the molecule is CC(C)CC(CN)c1ncc(-c2ccccc2Br)[nH]1. The van der Waals surface area contributed by atoms with Gasteiger partial charge in [-0.3, -0.25) is 0 Å². The molecule has 0 saturated carbocycles. The second kappa shape index (κ2) is 6.35. The maximum absolute atomic E-state index is 5.86. The molecule has 0 radical (unpaired) electrons. The van der Waals surface area contributed by atoms with Crippen LogP contribution >= 0.6 is 15.9 Å². The maximum atomic E-state index is 5.86. The molecule has 0 saturated heterocycles. The van der Waals surface area contributed by atoms with Gasteiger partial charge in [-0.15, -0.1) is 0 Å². The highest BCUT2D eigenvalue weighted by molar-refractivity contribution is 9.10. The van der Waals surface area contributed by atoms with E-state index in [4.69, 9.17) is 5.73 Å². The van der Waals surface area contributed by atoms with Gasteiger partial charge in [0.15, 0.2) is 0 Å². The maximum Gasteiger partial charge on any atom is 0.110 e. The van der Waals surface area contributed by atoms with Gasteiger partial charge >= 0.3 is 0 Å². The minimum atomic E-state index is 0.302. The van der Waals surface area contributed by atoms with Crippen molar-refractivity contribution in [1.29, 1.82) is 0 Å². The Morgan fingerprint density at radius 3 is 2.68 bits per heavy atom. The monoisotopic (exact) mass is 321 g/mol. The molecule has 0 aliphatic carbocycles. The van der Waals surface area contributed by atoms with Crippen molar-refractivity contribution in [3.05, 3.63) is 40.8 Å². The summed E-state index contributed by atoms with van der Waals surface area (Å²) in [5.74, 6) is 1.91. The number of nitrogens with one attached hydrogen (secondary N) is 1. The Morgan fingerprint density at radius 1 is 1.32 bits per heavy atom. The van der Waals surface area contributed by atoms with Crippen LogP contribution in [-0.2, 0) is 0 Å². The molecule has 3 nitrogen and oxygen atoms in total. The number of nitrogens with two attached hydrogens (primary N) is 1. The number of nitrogens with zero attached hydrogens (tertiary/aromatic N) is 1. The first-order chi connectivity index (χ1) is 9.11. The first-order valence-corrected chi connectivity index (χ1v) is 7.41. The molecule has 0 aliphatic heterocycles. The van der Waals surface area contributed by atoms with Crippen molar-refractivity contribution in [3.8, 4) is 11.3 Å². The van der Waals surface area contributed by atoms with Crippen LogP contribution in [0.15, 0.2) is 34.9 Å². The lowest BCUT2D eigenvalue weighted by Gasteiger charge is -2.14. The first-order valence-electron chi connectivity index (χ1n) is 6.61. The van der Waals surface area contributed by atoms with E-state index in [1.165, 1.54) is 0 Å². The zero-order valence-corrected chi connectivity index (χ0v) is 12.9. The molecule has 1 heterocycles. The van der Waals surface area contributed by atoms with Gasteiger partial charge in [0.2, 0.25) is 0 Å². The number of rotatable bonds is 5. The lowest BCUT2D eigenvalue weighted by molar-refractivity contribution is 0.490. The van der Waals surface area contributed by atoms with E-state index in [2.05, 4.69) is 45.8 Å². The quantitative estimate of drug-likeness (QED) is 0.876. The van der Waals surface area contributed by atoms with Gasteiger partial charge in [-0.1, -0.05) is 48.0 Å². The molecule has 4 heteroatoms. The number of aromatic nitrogens is 2. The van der Waals surface area contributed by atoms with E-state index in [0.717, 1.165) is 28.0 Å². The predicted molar refractivity (Wildman–Crippen MR) is 83.0 cm³/mol. The summed E-state index contributed by atoms with van der Waals surface area (Å²) < 4.78 is 1.07. The van der Waals surface area contributed by atoms with Crippen molar-refractivity contribution in [1.82, 2.24) is 9.97 Å². The number of hydrogen-bond donors (Lipinski definition) is 2. The van der Waals surface area contributed by atoms with Crippen LogP contribution in [-0.4, -0.2) is 16.5 Å². The third kappa shape index (κ3) is 3.45. The Balaban J connectivity index is 2.26. The highest BCUT2D eigenvalue weighted by atomic mass is 79.9. The predicted octanol–water partition coefficient (Wildman–Crippen LogP) is 3.93. The summed E-state index contributed by atoms with van der Waals surface area (Å²) >= 11 is 3.56. The Kier molecular flexibility index (Phi) is 4.77. The third-order valence-electron chi connectivity index (χ3n) is 3.19. The average molecular weight is 322 g/mol. The fourth-order valence-corrected chi connectivity index (χ4v) is 2.75. The van der Waals surface area contributed by atoms with Crippen molar-refractivity contribution in [2.45, 2.75) is 26.2 Å². The number of halogens is 1. The van der Waals surface area contributed by atoms with Gasteiger partial charge in [-0.25, -0.2) is 4.98 Å². The summed E-state index contributed by atoms with van der Waals surface area (Å²) in [6, 6.07) is 8.13. The lowest BCUT2D eigenvalue weighted by Crippen LogP contribution is -2.15. The zero-order chi connectivity index (χ0) is 13.8. The molecule has 0 amide bonds. The van der Waals surface area contributed by atoms with Crippen LogP contribution in [0, 0.1) is 5.92 Å². The van der Waals surface area contributed by atoms with Crippen LogP contribution in [0.4, 0.5) is 0 Å². The van der Waals surface area contributed by atoms with Gasteiger partial charge in [0.05, 0.1) is 11.9 Å². The molecule has 2 rings (SSSR count). The van der Waals surface area contributed by atoms with Gasteiger partial charge in [-0.2, -0.15) is 0 Å². The molecule has 1 atom stereocenters. The zero-order valence-electron chi connectivity index (χ0n) is 11.4. The summed E-state index contributed by atoms with van der Waals surface area (Å²) in [6.07, 6.45) is 2.94. The molecule has 0 spiro atoms. The van der Waals surface area contributed by atoms with Crippen molar-refractivity contribution >= 4 is 15.9 Å². The van der Waals surface area contributed by atoms with Gasteiger partial charge in [0.1, 0.15) is 5.82 Å². The topological polar surface area (TPSA) is 54.7 Å². The minimum Gasteiger partial charge on any atom is -0.342 e. The molecule has 3 N–H and O–H groups in total. The van der Waals surface area contributed by atoms with Crippen molar-refractivity contribution < 1.29 is 0 Å². The molecule has 0 aliphatic rings. The molecule has 19 heavy (non-hydrogen) atoms. The van der Waals surface area contributed by atoms with Crippen LogP contribution in [0.1, 0.15) is 32.0 Å². The van der Waals surface area contributed by atoms with Crippen molar-refractivity contribution in [2.24, 2.45) is 11.7 Å². The Morgan fingerprint density at radius 2 is 2.05 bits per heavy atom. The Labute approximate surface area is 122 Å². The van der Waals surface area contributed by atoms with Gasteiger partial charge < -0.3 is 10.7 Å². The minimum absolute atomic E-state index is 0.302. The molecule has 102 valence electrons. The molecule has 0 fully saturated rings. The van der Waals surface area contributed by atoms with E-state index < -0.39 is 0 Å². The molecular formula is C15H20BrN3. The van der Waals surface area contributed by atoms with Crippen LogP contribution in [0.2, 0.25) is 0 Å². The van der Waals surface area contributed by atoms with Gasteiger partial charge in [0.25, 0.3) is 0 Å². The number of aromatic amines is 1. The van der Waals surface area contributed by atoms with Crippen LogP contribution in [0.3, 0.4) is 0 Å². The average Bonchev–Trinajstić information content (AvgIpc) is 2.85. The normalized spacial score (nSPS) is 12.9. The summed E-state index contributed by atoms with van der Waals surface area (Å²) in [4.78, 5) is 7.91. The number of H-pyrrole nitrogens is 1. The summed E-state index contributed by atoms with van der Waals surface area (Å²) in [7, 11) is 0. The van der Waals surface area contributed by atoms with E-state index in [1.54, 1.807) is 0 Å². The molecular weight excluding hydrogens is 302 g/mol. The van der Waals surface area contributed by atoms with Crippen LogP contribution in [0.5, 0.6) is 0 Å². The molecule has 1 unspecified atom stereocenters. The molecule has 1 aromatic heterocycles. The van der Waals surface area contributed by atoms with E-state index in [0.29, 0.717) is 18.4 Å². The summed E-state index contributed by atoms with van der Waals surface area (Å²) in [6.45, 7) is 5.04. The Bertz CT molecular complexity index is 534. The molecule has 0 bridgehead atoms. The fraction of sp³-hybridized carbons (Fsp3) is 0.400. The summed E-state index contributed by atoms with van der Waals surface area (Å²) in [5.41, 5.74) is 8.02. The van der Waals surface area contributed by atoms with Crippen LogP contribution in [0.25, 0.3) is 11.3 Å². The second-order valence-electron chi connectivity index (χ2n) is 5.22.